The summed E-state index contributed by atoms with van der Waals surface area (Å²) in [5.74, 6) is -0.891. The van der Waals surface area contributed by atoms with Crippen molar-refractivity contribution in [2.45, 2.75) is 25.4 Å². The number of carbonyl (C=O) groups is 3. The maximum atomic E-state index is 11.7. The Morgan fingerprint density at radius 2 is 2.08 bits per heavy atom. The second kappa shape index (κ2) is 9.71. The van der Waals surface area contributed by atoms with Gasteiger partial charge in [-0.1, -0.05) is 25.6 Å². The third-order valence-corrected chi connectivity index (χ3v) is 3.46. The molecule has 9 nitrogen and oxygen atoms in total. The minimum Gasteiger partial charge on any atom is -0.469 e. The molecule has 0 aliphatic carbocycles. The van der Waals surface area contributed by atoms with Gasteiger partial charge in [0.25, 0.3) is 5.56 Å². The maximum Gasteiger partial charge on any atom is 0.321 e. The first kappa shape index (κ1) is 19.7. The molecule has 0 atom stereocenters. The van der Waals surface area contributed by atoms with Gasteiger partial charge in [0.05, 0.1) is 25.0 Å². The zero-order valence-electron chi connectivity index (χ0n) is 13.7. The molecule has 3 amide bonds. The highest BCUT2D eigenvalue weighted by molar-refractivity contribution is 7.99. The number of nitrogens with one attached hydrogen (secondary N) is 3. The topological polar surface area (TPSA) is 130 Å². The van der Waals surface area contributed by atoms with Crippen LogP contribution in [-0.4, -0.2) is 47.3 Å². The number of methoxy groups -OCH3 is 1. The third-order valence-electron chi connectivity index (χ3n) is 2.59. The minimum atomic E-state index is -0.574. The Morgan fingerprint density at radius 1 is 1.38 bits per heavy atom. The van der Waals surface area contributed by atoms with Crippen LogP contribution in [0.25, 0.3) is 0 Å². The van der Waals surface area contributed by atoms with Crippen LogP contribution in [0.4, 0.5) is 4.79 Å². The molecule has 0 bridgehead atoms. The number of aromatic nitrogens is 2. The fourth-order valence-corrected chi connectivity index (χ4v) is 2.19. The molecule has 0 spiro atoms. The molecular weight excluding hydrogens is 336 g/mol. The summed E-state index contributed by atoms with van der Waals surface area (Å²) >= 11 is 0.947. The van der Waals surface area contributed by atoms with Crippen molar-refractivity contribution in [3.63, 3.8) is 0 Å². The van der Waals surface area contributed by atoms with E-state index in [9.17, 15) is 19.2 Å². The normalized spacial score (nSPS) is 10.3. The molecule has 0 fully saturated rings. The van der Waals surface area contributed by atoms with Crippen LogP contribution in [0.15, 0.2) is 16.0 Å². The van der Waals surface area contributed by atoms with Gasteiger partial charge in [0.15, 0.2) is 5.16 Å². The molecule has 132 valence electrons. The molecule has 0 aliphatic rings. The van der Waals surface area contributed by atoms with E-state index < -0.39 is 23.5 Å². The average Bonchev–Trinajstić information content (AvgIpc) is 2.50. The van der Waals surface area contributed by atoms with Crippen molar-refractivity contribution in [3.8, 4) is 0 Å². The lowest BCUT2D eigenvalue weighted by atomic mass is 10.2. The van der Waals surface area contributed by atoms with Gasteiger partial charge in [-0.05, 0) is 5.92 Å². The second-order valence-electron chi connectivity index (χ2n) is 5.24. The number of thioether (sulfide) groups is 1. The molecular formula is C14H20N4O5S. The first-order valence-corrected chi connectivity index (χ1v) is 8.16. The van der Waals surface area contributed by atoms with E-state index in [1.807, 2.05) is 13.8 Å². The number of H-pyrrole nitrogens is 1. The van der Waals surface area contributed by atoms with E-state index >= 15 is 0 Å². The van der Waals surface area contributed by atoms with Crippen LogP contribution in [0.1, 0.15) is 19.5 Å². The van der Waals surface area contributed by atoms with Crippen molar-refractivity contribution >= 4 is 29.7 Å². The SMILES string of the molecule is COC(=O)Cc1cc(=O)[nH]c(SCC(=O)NC(=O)NCC(C)C)n1. The summed E-state index contributed by atoms with van der Waals surface area (Å²) in [6.45, 7) is 4.32. The number of hydrogen-bond donors (Lipinski definition) is 3. The van der Waals surface area contributed by atoms with Gasteiger partial charge in [0.2, 0.25) is 5.91 Å². The molecule has 3 N–H and O–H groups in total. The van der Waals surface area contributed by atoms with E-state index in [0.717, 1.165) is 11.8 Å². The van der Waals surface area contributed by atoms with Crippen LogP contribution in [0.2, 0.25) is 0 Å². The second-order valence-corrected chi connectivity index (χ2v) is 6.20. The van der Waals surface area contributed by atoms with Crippen molar-refractivity contribution < 1.29 is 19.1 Å². The van der Waals surface area contributed by atoms with Gasteiger partial charge in [-0.3, -0.25) is 19.7 Å². The fraction of sp³-hybridized carbons (Fsp3) is 0.500. The molecule has 0 unspecified atom stereocenters. The van der Waals surface area contributed by atoms with E-state index in [2.05, 4.69) is 25.3 Å². The molecule has 10 heteroatoms. The number of rotatable bonds is 7. The van der Waals surface area contributed by atoms with Gasteiger partial charge < -0.3 is 15.0 Å². The van der Waals surface area contributed by atoms with Crippen LogP contribution >= 0.6 is 11.8 Å². The van der Waals surface area contributed by atoms with E-state index in [1.54, 1.807) is 0 Å². The first-order valence-electron chi connectivity index (χ1n) is 7.17. The number of nitrogens with zero attached hydrogens (tertiary/aromatic N) is 1. The summed E-state index contributed by atoms with van der Waals surface area (Å²) in [6, 6.07) is 0.607. The summed E-state index contributed by atoms with van der Waals surface area (Å²) in [4.78, 5) is 52.4. The van der Waals surface area contributed by atoms with Crippen molar-refractivity contribution in [3.05, 3.63) is 22.1 Å². The van der Waals surface area contributed by atoms with Crippen molar-refractivity contribution in [2.75, 3.05) is 19.4 Å². The van der Waals surface area contributed by atoms with Gasteiger partial charge in [0.1, 0.15) is 0 Å². The van der Waals surface area contributed by atoms with Crippen molar-refractivity contribution in [2.24, 2.45) is 5.92 Å². The largest absolute Gasteiger partial charge is 0.469 e. The minimum absolute atomic E-state index is 0.111. The summed E-state index contributed by atoms with van der Waals surface area (Å²) in [5.41, 5.74) is -0.204. The molecule has 1 heterocycles. The summed E-state index contributed by atoms with van der Waals surface area (Å²) in [6.07, 6.45) is -0.141. The van der Waals surface area contributed by atoms with Gasteiger partial charge in [-0.15, -0.1) is 0 Å². The van der Waals surface area contributed by atoms with E-state index in [-0.39, 0.29) is 28.9 Å². The Balaban J connectivity index is 2.54. The van der Waals surface area contributed by atoms with Crippen LogP contribution in [0.3, 0.4) is 0 Å². The standard InChI is InChI=1S/C14H20N4O5S/c1-8(2)6-15-13(22)17-11(20)7-24-14-16-9(4-10(19)18-14)5-12(21)23-3/h4,8H,5-7H2,1-3H3,(H,16,18,19)(H2,15,17,20,22). The highest BCUT2D eigenvalue weighted by atomic mass is 32.2. The zero-order valence-corrected chi connectivity index (χ0v) is 14.5. The number of carbonyl (C=O) groups excluding carboxylic acids is 3. The lowest BCUT2D eigenvalue weighted by Crippen LogP contribution is -2.41. The summed E-state index contributed by atoms with van der Waals surface area (Å²) in [7, 11) is 1.24. The molecule has 24 heavy (non-hydrogen) atoms. The number of aromatic amines is 1. The Morgan fingerprint density at radius 3 is 2.71 bits per heavy atom. The Bertz CT molecular complexity index is 659. The van der Waals surface area contributed by atoms with Crippen LogP contribution in [0, 0.1) is 5.92 Å². The third kappa shape index (κ3) is 7.77. The van der Waals surface area contributed by atoms with Crippen LogP contribution in [0.5, 0.6) is 0 Å². The van der Waals surface area contributed by atoms with Crippen LogP contribution < -0.4 is 16.2 Å². The quantitative estimate of drug-likeness (QED) is 0.358. The number of hydrogen-bond acceptors (Lipinski definition) is 7. The van der Waals surface area contributed by atoms with Gasteiger partial charge in [-0.2, -0.15) is 0 Å². The Labute approximate surface area is 143 Å². The Hall–Kier alpha value is -2.36. The lowest BCUT2D eigenvalue weighted by molar-refractivity contribution is -0.139. The van der Waals surface area contributed by atoms with Crippen molar-refractivity contribution in [1.82, 2.24) is 20.6 Å². The smallest absolute Gasteiger partial charge is 0.321 e. The lowest BCUT2D eigenvalue weighted by Gasteiger charge is -2.08. The van der Waals surface area contributed by atoms with E-state index in [4.69, 9.17) is 0 Å². The predicted octanol–water partition coefficient (Wildman–Crippen LogP) is 0.0593. The number of esters is 1. The number of imide groups is 1. The highest BCUT2D eigenvalue weighted by Crippen LogP contribution is 2.11. The van der Waals surface area contributed by atoms with Gasteiger partial charge in [-0.25, -0.2) is 9.78 Å². The number of urea groups is 1. The molecule has 0 radical (unpaired) electrons. The molecule has 0 saturated heterocycles. The first-order chi connectivity index (χ1) is 11.3. The van der Waals surface area contributed by atoms with Gasteiger partial charge in [0, 0.05) is 12.6 Å². The number of ether oxygens (including phenoxy) is 1. The monoisotopic (exact) mass is 356 g/mol. The number of amides is 3. The highest BCUT2D eigenvalue weighted by Gasteiger charge is 2.11. The fourth-order valence-electron chi connectivity index (χ4n) is 1.50. The van der Waals surface area contributed by atoms with E-state index in [0.29, 0.717) is 6.54 Å². The molecule has 0 saturated carbocycles. The summed E-state index contributed by atoms with van der Waals surface area (Å²) < 4.78 is 4.51. The van der Waals surface area contributed by atoms with Gasteiger partial charge >= 0.3 is 12.0 Å². The van der Waals surface area contributed by atoms with Crippen LogP contribution in [-0.2, 0) is 20.7 Å². The predicted molar refractivity (Wildman–Crippen MR) is 87.7 cm³/mol. The zero-order chi connectivity index (χ0) is 18.1. The molecule has 1 aromatic heterocycles. The van der Waals surface area contributed by atoms with Crippen molar-refractivity contribution in [1.29, 1.82) is 0 Å². The molecule has 1 rings (SSSR count). The molecule has 1 aromatic rings. The average molecular weight is 356 g/mol. The summed E-state index contributed by atoms with van der Waals surface area (Å²) in [5, 5.41) is 4.90. The molecule has 0 aliphatic heterocycles. The van der Waals surface area contributed by atoms with E-state index in [1.165, 1.54) is 13.2 Å². The maximum absolute atomic E-state index is 11.7. The Kier molecular flexibility index (Phi) is 7.96. The molecule has 0 aromatic carbocycles.